The zero-order valence-corrected chi connectivity index (χ0v) is 20.3. The summed E-state index contributed by atoms with van der Waals surface area (Å²) in [6, 6.07) is 9.09. The van der Waals surface area contributed by atoms with E-state index in [0.29, 0.717) is 6.04 Å². The van der Waals surface area contributed by atoms with E-state index in [-0.39, 0.29) is 29.4 Å². The molecule has 2 fully saturated rings. The van der Waals surface area contributed by atoms with Crippen LogP contribution < -0.4 is 10.6 Å². The molecule has 3 rings (SSSR count). The number of nitrogens with zero attached hydrogens (tertiary/aromatic N) is 2. The fraction of sp³-hybridized carbons (Fsp3) is 0.650. The number of benzene rings is 1. The lowest BCUT2D eigenvalue weighted by Gasteiger charge is -2.33. The maximum absolute atomic E-state index is 5.18. The smallest absolute Gasteiger partial charge is 0.191 e. The molecule has 27 heavy (non-hydrogen) atoms. The number of nitrogens with one attached hydrogen (secondary N) is 2. The maximum Gasteiger partial charge on any atom is 0.191 e. The zero-order valence-electron chi connectivity index (χ0n) is 16.3. The summed E-state index contributed by atoms with van der Waals surface area (Å²) in [4.78, 5) is 6.92. The van der Waals surface area contributed by atoms with Crippen LogP contribution in [-0.2, 0) is 10.2 Å². The lowest BCUT2D eigenvalue weighted by atomic mass is 9.96. The molecule has 7 heteroatoms. The minimum atomic E-state index is 0. The number of rotatable bonds is 7. The van der Waals surface area contributed by atoms with Crippen LogP contribution in [0.3, 0.4) is 0 Å². The lowest BCUT2D eigenvalue weighted by molar-refractivity contribution is 0.128. The highest BCUT2D eigenvalue weighted by Gasteiger charge is 2.45. The van der Waals surface area contributed by atoms with Crippen LogP contribution in [0.4, 0.5) is 0 Å². The van der Waals surface area contributed by atoms with Crippen molar-refractivity contribution in [3.8, 4) is 0 Å². The number of aliphatic imine (C=N–C) groups is 1. The number of likely N-dealkylation sites (tertiary alicyclic amines) is 1. The number of guanidine groups is 1. The van der Waals surface area contributed by atoms with E-state index >= 15 is 0 Å². The molecule has 0 bridgehead atoms. The Kier molecular flexibility index (Phi) is 9.31. The van der Waals surface area contributed by atoms with E-state index in [1.165, 1.54) is 22.9 Å². The summed E-state index contributed by atoms with van der Waals surface area (Å²) in [6.07, 6.45) is 4.77. The standard InChI is InChI=1S/C20H31BrN4O.HI/c1-22-19(24-16-7-11-25(12-8-16)13-14-26-2)23-15-20(9-10-20)17-5-3-4-6-18(17)21;/h3-6,16H,7-15H2,1-2H3,(H2,22,23,24);1H. The molecule has 0 atom stereocenters. The molecule has 2 N–H and O–H groups in total. The fourth-order valence-corrected chi connectivity index (χ4v) is 4.45. The Morgan fingerprint density at radius 3 is 2.59 bits per heavy atom. The van der Waals surface area contributed by atoms with E-state index in [1.54, 1.807) is 7.11 Å². The van der Waals surface area contributed by atoms with Gasteiger partial charge in [-0.15, -0.1) is 24.0 Å². The number of piperidine rings is 1. The van der Waals surface area contributed by atoms with Crippen LogP contribution >= 0.6 is 39.9 Å². The monoisotopic (exact) mass is 550 g/mol. The van der Waals surface area contributed by atoms with Gasteiger partial charge in [0.05, 0.1) is 6.61 Å². The zero-order chi connectivity index (χ0) is 18.4. The fourth-order valence-electron chi connectivity index (χ4n) is 3.75. The predicted octanol–water partition coefficient (Wildman–Crippen LogP) is 3.37. The minimum Gasteiger partial charge on any atom is -0.383 e. The Morgan fingerprint density at radius 2 is 2.00 bits per heavy atom. The first-order valence-corrected chi connectivity index (χ1v) is 10.4. The van der Waals surface area contributed by atoms with E-state index in [9.17, 15) is 0 Å². The molecule has 0 aromatic heterocycles. The Hall–Kier alpha value is -0.380. The molecule has 152 valence electrons. The quantitative estimate of drug-likeness (QED) is 0.310. The number of halogens is 2. The highest BCUT2D eigenvalue weighted by atomic mass is 127. The van der Waals surface area contributed by atoms with Crippen LogP contribution in [0.5, 0.6) is 0 Å². The van der Waals surface area contributed by atoms with Gasteiger partial charge < -0.3 is 20.3 Å². The molecular weight excluding hydrogens is 519 g/mol. The highest BCUT2D eigenvalue weighted by molar-refractivity contribution is 14.0. The van der Waals surface area contributed by atoms with Gasteiger partial charge in [-0.05, 0) is 37.3 Å². The molecule has 1 aromatic rings. The van der Waals surface area contributed by atoms with Gasteiger partial charge >= 0.3 is 0 Å². The molecule has 1 saturated carbocycles. The van der Waals surface area contributed by atoms with Crippen molar-refractivity contribution in [2.24, 2.45) is 4.99 Å². The van der Waals surface area contributed by atoms with Crippen LogP contribution in [0, 0.1) is 0 Å². The second-order valence-corrected chi connectivity index (χ2v) is 8.29. The van der Waals surface area contributed by atoms with Crippen molar-refractivity contribution in [3.05, 3.63) is 34.3 Å². The molecule has 1 aromatic carbocycles. The first kappa shape index (κ1) is 22.9. The topological polar surface area (TPSA) is 48.9 Å². The highest BCUT2D eigenvalue weighted by Crippen LogP contribution is 2.49. The van der Waals surface area contributed by atoms with Gasteiger partial charge in [0.1, 0.15) is 0 Å². The minimum absolute atomic E-state index is 0. The summed E-state index contributed by atoms with van der Waals surface area (Å²) in [7, 11) is 3.63. The summed E-state index contributed by atoms with van der Waals surface area (Å²) < 4.78 is 6.39. The van der Waals surface area contributed by atoms with Crippen LogP contribution in [-0.4, -0.2) is 63.8 Å². The van der Waals surface area contributed by atoms with Crippen LogP contribution in [0.15, 0.2) is 33.7 Å². The van der Waals surface area contributed by atoms with Crippen molar-refractivity contribution in [3.63, 3.8) is 0 Å². The third-order valence-electron chi connectivity index (χ3n) is 5.66. The summed E-state index contributed by atoms with van der Waals surface area (Å²) in [5.41, 5.74) is 1.66. The van der Waals surface area contributed by atoms with Crippen molar-refractivity contribution < 1.29 is 4.74 Å². The van der Waals surface area contributed by atoms with Crippen molar-refractivity contribution in [2.75, 3.05) is 46.9 Å². The van der Waals surface area contributed by atoms with Crippen molar-refractivity contribution in [2.45, 2.75) is 37.1 Å². The summed E-state index contributed by atoms with van der Waals surface area (Å²) in [6.45, 7) is 5.03. The van der Waals surface area contributed by atoms with Crippen LogP contribution in [0.25, 0.3) is 0 Å². The van der Waals surface area contributed by atoms with E-state index in [2.05, 4.69) is 60.7 Å². The molecular formula is C20H32BrIN4O. The molecule has 1 heterocycles. The van der Waals surface area contributed by atoms with Gasteiger partial charge in [-0.25, -0.2) is 0 Å². The second-order valence-electron chi connectivity index (χ2n) is 7.44. The van der Waals surface area contributed by atoms with E-state index in [4.69, 9.17) is 4.74 Å². The van der Waals surface area contributed by atoms with Gasteiger partial charge in [-0.2, -0.15) is 0 Å². The first-order valence-electron chi connectivity index (χ1n) is 9.60. The van der Waals surface area contributed by atoms with E-state index < -0.39 is 0 Å². The van der Waals surface area contributed by atoms with Crippen molar-refractivity contribution in [1.29, 1.82) is 0 Å². The molecule has 1 saturated heterocycles. The van der Waals surface area contributed by atoms with Gasteiger partial charge in [0.2, 0.25) is 0 Å². The molecule has 2 aliphatic rings. The van der Waals surface area contributed by atoms with Gasteiger partial charge in [-0.1, -0.05) is 34.1 Å². The summed E-state index contributed by atoms with van der Waals surface area (Å²) in [5, 5.41) is 7.19. The summed E-state index contributed by atoms with van der Waals surface area (Å²) >= 11 is 3.71. The van der Waals surface area contributed by atoms with Gasteiger partial charge in [0.15, 0.2) is 5.96 Å². The average molecular weight is 551 g/mol. The van der Waals surface area contributed by atoms with Crippen molar-refractivity contribution >= 4 is 45.9 Å². The first-order chi connectivity index (χ1) is 12.7. The predicted molar refractivity (Wildman–Crippen MR) is 126 cm³/mol. The molecule has 0 amide bonds. The number of hydrogen-bond acceptors (Lipinski definition) is 3. The van der Waals surface area contributed by atoms with Gasteiger partial charge in [0, 0.05) is 56.3 Å². The SMILES string of the molecule is CN=C(NCC1(c2ccccc2Br)CC1)NC1CCN(CCOC)CC1.I. The largest absolute Gasteiger partial charge is 0.383 e. The number of ether oxygens (including phenoxy) is 1. The Bertz CT molecular complexity index is 616. The van der Waals surface area contributed by atoms with Gasteiger partial charge in [-0.3, -0.25) is 4.99 Å². The summed E-state index contributed by atoms with van der Waals surface area (Å²) in [5.74, 6) is 0.929. The molecule has 0 spiro atoms. The third-order valence-corrected chi connectivity index (χ3v) is 6.35. The number of hydrogen-bond donors (Lipinski definition) is 2. The molecule has 0 unspecified atom stereocenters. The molecule has 1 aliphatic carbocycles. The molecule has 1 aliphatic heterocycles. The van der Waals surface area contributed by atoms with Crippen molar-refractivity contribution in [1.82, 2.24) is 15.5 Å². The van der Waals surface area contributed by atoms with E-state index in [0.717, 1.165) is 51.6 Å². The average Bonchev–Trinajstić information content (AvgIpc) is 3.45. The Labute approximate surface area is 188 Å². The third kappa shape index (κ3) is 6.30. The van der Waals surface area contributed by atoms with Crippen LogP contribution in [0.2, 0.25) is 0 Å². The van der Waals surface area contributed by atoms with E-state index in [1.807, 2.05) is 7.05 Å². The Morgan fingerprint density at radius 1 is 1.30 bits per heavy atom. The lowest BCUT2D eigenvalue weighted by Crippen LogP contribution is -2.50. The van der Waals surface area contributed by atoms with Crippen LogP contribution in [0.1, 0.15) is 31.2 Å². The maximum atomic E-state index is 5.18. The Balaban J connectivity index is 0.00000261. The number of methoxy groups -OCH3 is 1. The normalized spacial score (nSPS) is 20.0. The second kappa shape index (κ2) is 11.0. The molecule has 0 radical (unpaired) electrons. The molecule has 5 nitrogen and oxygen atoms in total. The van der Waals surface area contributed by atoms with Gasteiger partial charge in [0.25, 0.3) is 0 Å².